The van der Waals surface area contributed by atoms with Crippen molar-refractivity contribution in [3.63, 3.8) is 0 Å². The highest BCUT2D eigenvalue weighted by molar-refractivity contribution is 7.89. The summed E-state index contributed by atoms with van der Waals surface area (Å²) >= 11 is 0. The number of carbonyl (C=O) groups is 1. The number of nitrogens with one attached hydrogen (secondary N) is 1. The van der Waals surface area contributed by atoms with Crippen LogP contribution in [-0.2, 0) is 30.9 Å². The van der Waals surface area contributed by atoms with E-state index in [0.717, 1.165) is 12.8 Å². The molecule has 0 spiro atoms. The predicted octanol–water partition coefficient (Wildman–Crippen LogP) is 2.82. The van der Waals surface area contributed by atoms with Crippen molar-refractivity contribution in [2.75, 3.05) is 20.3 Å². The number of ether oxygens (including phenoxy) is 3. The van der Waals surface area contributed by atoms with Crippen molar-refractivity contribution in [3.05, 3.63) is 69.8 Å². The second kappa shape index (κ2) is 11.0. The number of nitro benzene ring substituents is 1. The molecule has 0 bridgehead atoms. The molecule has 3 rings (SSSR count). The smallest absolute Gasteiger partial charge is 0.331 e. The quantitative estimate of drug-likeness (QED) is 0.239. The molecule has 0 aliphatic carbocycles. The van der Waals surface area contributed by atoms with Crippen LogP contribution in [0.15, 0.2) is 53.4 Å². The lowest BCUT2D eigenvalue weighted by molar-refractivity contribution is -0.384. The number of nitro groups is 1. The molecule has 1 heterocycles. The molecule has 1 unspecified atom stereocenters. The molecule has 1 aliphatic heterocycles. The second-order valence-corrected chi connectivity index (χ2v) is 9.00. The average Bonchev–Trinajstić information content (AvgIpc) is 3.34. The zero-order valence-corrected chi connectivity index (χ0v) is 18.7. The Labute approximate surface area is 191 Å². The van der Waals surface area contributed by atoms with Crippen LogP contribution < -0.4 is 9.46 Å². The van der Waals surface area contributed by atoms with Crippen LogP contribution >= 0.6 is 0 Å². The molecule has 10 nitrogen and oxygen atoms in total. The summed E-state index contributed by atoms with van der Waals surface area (Å²) in [6, 6.07) is 10.2. The Kier molecular flexibility index (Phi) is 8.15. The Bertz CT molecular complexity index is 1120. The standard InChI is InChI=1S/C22H24N2O8S/c1-30-20-10-6-16(13-21(20)33(28,29)23-14-19-3-2-12-31-19)7-11-22(25)32-15-17-4-8-18(9-5-17)24(26)27/h4-11,13,19,23H,2-3,12,14-15H2,1H3/b11-7+. The highest BCUT2D eigenvalue weighted by atomic mass is 32.2. The second-order valence-electron chi connectivity index (χ2n) is 7.26. The van der Waals surface area contributed by atoms with E-state index in [1.54, 1.807) is 6.07 Å². The Hall–Kier alpha value is -3.28. The molecule has 11 heteroatoms. The fourth-order valence-corrected chi connectivity index (χ4v) is 4.44. The molecule has 176 valence electrons. The first kappa shape index (κ1) is 24.4. The number of benzene rings is 2. The van der Waals surface area contributed by atoms with E-state index in [-0.39, 0.29) is 35.6 Å². The fourth-order valence-electron chi connectivity index (χ4n) is 3.17. The van der Waals surface area contributed by atoms with Gasteiger partial charge in [0.25, 0.3) is 5.69 Å². The van der Waals surface area contributed by atoms with Crippen LogP contribution in [0.1, 0.15) is 24.0 Å². The van der Waals surface area contributed by atoms with Crippen LogP contribution in [0.4, 0.5) is 5.69 Å². The maximum absolute atomic E-state index is 12.8. The molecule has 2 aromatic rings. The van der Waals surface area contributed by atoms with E-state index in [9.17, 15) is 23.3 Å². The molecular weight excluding hydrogens is 452 g/mol. The lowest BCUT2D eigenvalue weighted by atomic mass is 10.2. The maximum atomic E-state index is 12.8. The first-order valence-corrected chi connectivity index (χ1v) is 11.6. The van der Waals surface area contributed by atoms with Crippen molar-refractivity contribution in [1.29, 1.82) is 0 Å². The van der Waals surface area contributed by atoms with E-state index in [1.807, 2.05) is 0 Å². The summed E-state index contributed by atoms with van der Waals surface area (Å²) in [5.41, 5.74) is 0.999. The number of hydrogen-bond donors (Lipinski definition) is 1. The zero-order valence-electron chi connectivity index (χ0n) is 17.9. The number of esters is 1. The van der Waals surface area contributed by atoms with Crippen LogP contribution in [0, 0.1) is 10.1 Å². The Balaban J connectivity index is 1.63. The molecule has 1 saturated heterocycles. The van der Waals surface area contributed by atoms with Crippen molar-refractivity contribution < 1.29 is 32.3 Å². The van der Waals surface area contributed by atoms with Gasteiger partial charge in [-0.25, -0.2) is 17.9 Å². The fraction of sp³-hybridized carbons (Fsp3) is 0.318. The third-order valence-electron chi connectivity index (χ3n) is 4.94. The molecule has 2 aromatic carbocycles. The SMILES string of the molecule is COc1ccc(/C=C/C(=O)OCc2ccc([N+](=O)[O-])cc2)cc1S(=O)(=O)NCC1CCCO1. The Morgan fingerprint density at radius 2 is 2.03 bits per heavy atom. The van der Waals surface area contributed by atoms with Gasteiger partial charge in [0.2, 0.25) is 10.0 Å². The van der Waals surface area contributed by atoms with Crippen molar-refractivity contribution in [3.8, 4) is 5.75 Å². The molecule has 1 N–H and O–H groups in total. The molecule has 0 radical (unpaired) electrons. The van der Waals surface area contributed by atoms with Gasteiger partial charge in [-0.3, -0.25) is 10.1 Å². The number of nitrogens with zero attached hydrogens (tertiary/aromatic N) is 1. The highest BCUT2D eigenvalue weighted by Gasteiger charge is 2.23. The summed E-state index contributed by atoms with van der Waals surface area (Å²) in [6.07, 6.45) is 4.14. The van der Waals surface area contributed by atoms with Gasteiger partial charge in [0.05, 0.1) is 18.1 Å². The van der Waals surface area contributed by atoms with Gasteiger partial charge in [-0.2, -0.15) is 0 Å². The van der Waals surface area contributed by atoms with Gasteiger partial charge < -0.3 is 14.2 Å². The van der Waals surface area contributed by atoms with Gasteiger partial charge in [-0.1, -0.05) is 6.07 Å². The van der Waals surface area contributed by atoms with Crippen molar-refractivity contribution in [2.45, 2.75) is 30.4 Å². The van der Waals surface area contributed by atoms with Gasteiger partial charge in [0, 0.05) is 31.4 Å². The maximum Gasteiger partial charge on any atom is 0.331 e. The van der Waals surface area contributed by atoms with Crippen LogP contribution in [0.25, 0.3) is 6.08 Å². The molecule has 1 atom stereocenters. The molecule has 0 aromatic heterocycles. The summed E-state index contributed by atoms with van der Waals surface area (Å²) in [4.78, 5) is 22.1. The first-order valence-electron chi connectivity index (χ1n) is 10.2. The lowest BCUT2D eigenvalue weighted by Gasteiger charge is -2.14. The van der Waals surface area contributed by atoms with E-state index in [2.05, 4.69) is 4.72 Å². The number of methoxy groups -OCH3 is 1. The van der Waals surface area contributed by atoms with Gasteiger partial charge in [0.1, 0.15) is 17.3 Å². The molecule has 1 fully saturated rings. The van der Waals surface area contributed by atoms with Crippen molar-refractivity contribution >= 4 is 27.8 Å². The summed E-state index contributed by atoms with van der Waals surface area (Å²) in [5.74, 6) is -0.474. The van der Waals surface area contributed by atoms with Crippen molar-refractivity contribution in [1.82, 2.24) is 4.72 Å². The minimum absolute atomic E-state index is 0.0515. The van der Waals surface area contributed by atoms with Crippen LogP contribution in [0.2, 0.25) is 0 Å². The minimum atomic E-state index is -3.86. The van der Waals surface area contributed by atoms with Crippen LogP contribution in [0.5, 0.6) is 5.75 Å². The largest absolute Gasteiger partial charge is 0.495 e. The number of carbonyl (C=O) groups excluding carboxylic acids is 1. The van der Waals surface area contributed by atoms with E-state index in [0.29, 0.717) is 17.7 Å². The van der Waals surface area contributed by atoms with E-state index < -0.39 is 20.9 Å². The van der Waals surface area contributed by atoms with Gasteiger partial charge >= 0.3 is 5.97 Å². The minimum Gasteiger partial charge on any atom is -0.495 e. The van der Waals surface area contributed by atoms with Crippen LogP contribution in [0.3, 0.4) is 0 Å². The normalized spacial score (nSPS) is 16.1. The number of rotatable bonds is 10. The van der Waals surface area contributed by atoms with Gasteiger partial charge in [-0.15, -0.1) is 0 Å². The average molecular weight is 477 g/mol. The van der Waals surface area contributed by atoms with E-state index in [1.165, 1.54) is 55.7 Å². The van der Waals surface area contributed by atoms with Gasteiger partial charge in [0.15, 0.2) is 0 Å². The lowest BCUT2D eigenvalue weighted by Crippen LogP contribution is -2.32. The summed E-state index contributed by atoms with van der Waals surface area (Å²) < 4.78 is 43.9. The van der Waals surface area contributed by atoms with Gasteiger partial charge in [-0.05, 0) is 54.3 Å². The third-order valence-corrected chi connectivity index (χ3v) is 6.39. The summed E-state index contributed by atoms with van der Waals surface area (Å²) in [7, 11) is -2.49. The zero-order chi connectivity index (χ0) is 23.8. The predicted molar refractivity (Wildman–Crippen MR) is 119 cm³/mol. The number of sulfonamides is 1. The molecule has 0 amide bonds. The number of non-ortho nitro benzene ring substituents is 1. The highest BCUT2D eigenvalue weighted by Crippen LogP contribution is 2.26. The topological polar surface area (TPSA) is 134 Å². The van der Waals surface area contributed by atoms with Crippen LogP contribution in [-0.4, -0.2) is 45.7 Å². The molecule has 0 saturated carbocycles. The van der Waals surface area contributed by atoms with E-state index in [4.69, 9.17) is 14.2 Å². The van der Waals surface area contributed by atoms with E-state index >= 15 is 0 Å². The molecule has 33 heavy (non-hydrogen) atoms. The monoisotopic (exact) mass is 476 g/mol. The Morgan fingerprint density at radius 1 is 1.27 bits per heavy atom. The Morgan fingerprint density at radius 3 is 2.67 bits per heavy atom. The third kappa shape index (κ3) is 6.85. The summed E-state index contributed by atoms with van der Waals surface area (Å²) in [6.45, 7) is 0.730. The number of hydrogen-bond acceptors (Lipinski definition) is 8. The first-order chi connectivity index (χ1) is 15.8. The molecule has 1 aliphatic rings. The molecular formula is C22H24N2O8S. The summed E-state index contributed by atoms with van der Waals surface area (Å²) in [5, 5.41) is 10.7. The van der Waals surface area contributed by atoms with Crippen molar-refractivity contribution in [2.24, 2.45) is 0 Å².